The van der Waals surface area contributed by atoms with Crippen molar-refractivity contribution in [3.63, 3.8) is 0 Å². The molecule has 0 aliphatic rings. The number of nitriles is 1. The molecule has 60 valence electrons. The monoisotopic (exact) mass is 244 g/mol. The van der Waals surface area contributed by atoms with Crippen LogP contribution in [-0.2, 0) is 0 Å². The van der Waals surface area contributed by atoms with E-state index in [2.05, 4.69) is 20.9 Å². The minimum atomic E-state index is -0.729. The Bertz CT molecular complexity index is 372. The summed E-state index contributed by atoms with van der Waals surface area (Å²) >= 11 is 8.29. The highest BCUT2D eigenvalue weighted by molar-refractivity contribution is 9.10. The van der Waals surface area contributed by atoms with E-state index in [0.29, 0.717) is 4.47 Å². The van der Waals surface area contributed by atoms with Crippen LogP contribution in [0.4, 0.5) is 0 Å². The summed E-state index contributed by atoms with van der Waals surface area (Å²) in [5.74, 6) is 0. The van der Waals surface area contributed by atoms with Gasteiger partial charge in [0.25, 0.3) is 5.24 Å². The van der Waals surface area contributed by atoms with Crippen molar-refractivity contribution < 1.29 is 4.79 Å². The van der Waals surface area contributed by atoms with Crippen LogP contribution < -0.4 is 0 Å². The molecule has 0 N–H and O–H groups in total. The zero-order valence-electron chi connectivity index (χ0n) is 5.71. The predicted molar refractivity (Wildman–Crippen MR) is 46.8 cm³/mol. The average molecular weight is 245 g/mol. The minimum Gasteiger partial charge on any atom is -0.274 e. The molecule has 0 saturated heterocycles. The van der Waals surface area contributed by atoms with Crippen LogP contribution >= 0.6 is 27.5 Å². The normalized spacial score (nSPS) is 9.08. The van der Waals surface area contributed by atoms with Gasteiger partial charge in [0.2, 0.25) is 0 Å². The maximum atomic E-state index is 10.7. The first-order valence-electron chi connectivity index (χ1n) is 2.91. The summed E-state index contributed by atoms with van der Waals surface area (Å²) in [7, 11) is 0. The van der Waals surface area contributed by atoms with E-state index in [1.807, 2.05) is 6.07 Å². The molecule has 0 atom stereocenters. The van der Waals surface area contributed by atoms with E-state index in [0.717, 1.165) is 0 Å². The van der Waals surface area contributed by atoms with Crippen LogP contribution in [0.2, 0.25) is 0 Å². The SMILES string of the molecule is N#Cc1c(Br)ccnc1C(=O)Cl. The Morgan fingerprint density at radius 1 is 1.75 bits per heavy atom. The summed E-state index contributed by atoms with van der Waals surface area (Å²) in [6, 6.07) is 3.40. The third kappa shape index (κ3) is 1.63. The van der Waals surface area contributed by atoms with Gasteiger partial charge < -0.3 is 0 Å². The van der Waals surface area contributed by atoms with Crippen molar-refractivity contribution in [2.24, 2.45) is 0 Å². The number of pyridine rings is 1. The van der Waals surface area contributed by atoms with E-state index in [1.54, 1.807) is 6.07 Å². The van der Waals surface area contributed by atoms with Crippen LogP contribution in [0.3, 0.4) is 0 Å². The van der Waals surface area contributed by atoms with Crippen LogP contribution in [0.1, 0.15) is 16.1 Å². The van der Waals surface area contributed by atoms with Gasteiger partial charge in [-0.2, -0.15) is 5.26 Å². The Morgan fingerprint density at radius 3 is 2.83 bits per heavy atom. The lowest BCUT2D eigenvalue weighted by Crippen LogP contribution is -1.98. The molecule has 3 nitrogen and oxygen atoms in total. The molecule has 1 aromatic heterocycles. The lowest BCUT2D eigenvalue weighted by atomic mass is 10.2. The summed E-state index contributed by atoms with van der Waals surface area (Å²) in [4.78, 5) is 14.4. The number of nitrogens with zero attached hydrogens (tertiary/aromatic N) is 2. The molecule has 0 aliphatic carbocycles. The van der Waals surface area contributed by atoms with Gasteiger partial charge in [-0.05, 0) is 33.6 Å². The second kappa shape index (κ2) is 3.65. The minimum absolute atomic E-state index is 0.0199. The number of rotatable bonds is 1. The summed E-state index contributed by atoms with van der Waals surface area (Å²) in [5.41, 5.74) is 0.144. The fourth-order valence-electron chi connectivity index (χ4n) is 0.694. The van der Waals surface area contributed by atoms with Crippen molar-refractivity contribution in [1.29, 1.82) is 5.26 Å². The van der Waals surface area contributed by atoms with Gasteiger partial charge in [-0.15, -0.1) is 0 Å². The van der Waals surface area contributed by atoms with Crippen LogP contribution in [0.15, 0.2) is 16.7 Å². The molecule has 1 aromatic rings. The highest BCUT2D eigenvalue weighted by Gasteiger charge is 2.12. The molecule has 5 heteroatoms. The van der Waals surface area contributed by atoms with Gasteiger partial charge >= 0.3 is 0 Å². The Morgan fingerprint density at radius 2 is 2.42 bits per heavy atom. The number of hydrogen-bond acceptors (Lipinski definition) is 3. The smallest absolute Gasteiger partial charge is 0.272 e. The highest BCUT2D eigenvalue weighted by atomic mass is 79.9. The van der Waals surface area contributed by atoms with Gasteiger partial charge in [0, 0.05) is 10.7 Å². The van der Waals surface area contributed by atoms with Gasteiger partial charge in [-0.1, -0.05) is 0 Å². The predicted octanol–water partition coefficient (Wildman–Crippen LogP) is 2.09. The topological polar surface area (TPSA) is 53.8 Å². The molecule has 0 aromatic carbocycles. The first-order chi connectivity index (χ1) is 5.66. The maximum Gasteiger partial charge on any atom is 0.272 e. The summed E-state index contributed by atoms with van der Waals surface area (Å²) < 4.78 is 0.518. The molecule has 0 saturated carbocycles. The molecule has 0 bridgehead atoms. The standard InChI is InChI=1S/C7H2BrClN2O/c8-5-1-2-11-6(7(9)12)4(5)3-10/h1-2H. The lowest BCUT2D eigenvalue weighted by Gasteiger charge is -1.97. The van der Waals surface area contributed by atoms with E-state index >= 15 is 0 Å². The van der Waals surface area contributed by atoms with Gasteiger partial charge in [0.1, 0.15) is 11.8 Å². The second-order valence-electron chi connectivity index (χ2n) is 1.90. The molecule has 0 spiro atoms. The van der Waals surface area contributed by atoms with Gasteiger partial charge in [-0.3, -0.25) is 9.78 Å². The number of hydrogen-bond donors (Lipinski definition) is 0. The first kappa shape index (κ1) is 9.17. The van der Waals surface area contributed by atoms with Crippen LogP contribution in [0.5, 0.6) is 0 Å². The lowest BCUT2D eigenvalue weighted by molar-refractivity contribution is 0.107. The Labute approximate surface area is 82.1 Å². The third-order valence-corrected chi connectivity index (χ3v) is 2.04. The molecule has 0 aliphatic heterocycles. The number of carbonyl (C=O) groups excluding carboxylic acids is 1. The molecule has 0 fully saturated rings. The van der Waals surface area contributed by atoms with E-state index in [1.165, 1.54) is 6.20 Å². The van der Waals surface area contributed by atoms with Crippen LogP contribution in [0, 0.1) is 11.3 Å². The molecule has 0 radical (unpaired) electrons. The molecular weight excluding hydrogens is 243 g/mol. The summed E-state index contributed by atoms with van der Waals surface area (Å²) in [5, 5.41) is 7.89. The zero-order chi connectivity index (χ0) is 9.14. The molecule has 0 amide bonds. The number of carbonyl (C=O) groups is 1. The van der Waals surface area contributed by atoms with Crippen molar-refractivity contribution in [1.82, 2.24) is 4.98 Å². The van der Waals surface area contributed by atoms with Crippen LogP contribution in [-0.4, -0.2) is 10.2 Å². The van der Waals surface area contributed by atoms with E-state index in [-0.39, 0.29) is 11.3 Å². The van der Waals surface area contributed by atoms with E-state index in [4.69, 9.17) is 16.9 Å². The average Bonchev–Trinajstić information content (AvgIpc) is 2.03. The largest absolute Gasteiger partial charge is 0.274 e. The Kier molecular flexibility index (Phi) is 2.79. The molecule has 0 unspecified atom stereocenters. The summed E-state index contributed by atoms with van der Waals surface area (Å²) in [6.07, 6.45) is 1.40. The second-order valence-corrected chi connectivity index (χ2v) is 3.10. The molecule has 1 rings (SSSR count). The maximum absolute atomic E-state index is 10.7. The fourth-order valence-corrected chi connectivity index (χ4v) is 1.23. The van der Waals surface area contributed by atoms with Gasteiger partial charge in [0.05, 0.1) is 5.56 Å². The fraction of sp³-hybridized carbons (Fsp3) is 0. The van der Waals surface area contributed by atoms with Crippen molar-refractivity contribution >= 4 is 32.8 Å². The van der Waals surface area contributed by atoms with Gasteiger partial charge in [-0.25, -0.2) is 0 Å². The van der Waals surface area contributed by atoms with Gasteiger partial charge in [0.15, 0.2) is 0 Å². The number of aromatic nitrogens is 1. The molecule has 12 heavy (non-hydrogen) atoms. The van der Waals surface area contributed by atoms with Crippen LogP contribution in [0.25, 0.3) is 0 Å². The van der Waals surface area contributed by atoms with Crippen molar-refractivity contribution in [2.45, 2.75) is 0 Å². The molecular formula is C7H2BrClN2O. The number of halogens is 2. The van der Waals surface area contributed by atoms with E-state index < -0.39 is 5.24 Å². The van der Waals surface area contributed by atoms with E-state index in [9.17, 15) is 4.79 Å². The third-order valence-electron chi connectivity index (χ3n) is 1.20. The Hall–Kier alpha value is -0.920. The zero-order valence-corrected chi connectivity index (χ0v) is 8.06. The van der Waals surface area contributed by atoms with Crippen molar-refractivity contribution in [2.75, 3.05) is 0 Å². The van der Waals surface area contributed by atoms with Crippen molar-refractivity contribution in [3.8, 4) is 6.07 Å². The highest BCUT2D eigenvalue weighted by Crippen LogP contribution is 2.18. The quantitative estimate of drug-likeness (QED) is 0.712. The van der Waals surface area contributed by atoms with Crippen molar-refractivity contribution in [3.05, 3.63) is 28.0 Å². The molecule has 1 heterocycles. The first-order valence-corrected chi connectivity index (χ1v) is 4.08. The summed E-state index contributed by atoms with van der Waals surface area (Å²) in [6.45, 7) is 0. The Balaban J connectivity index is 3.40.